The Labute approximate surface area is 128 Å². The average Bonchev–Trinajstić information content (AvgIpc) is 2.96. The zero-order valence-electron chi connectivity index (χ0n) is 12.3. The molecule has 2 aliphatic heterocycles. The molecule has 2 atom stereocenters. The standard InChI is InChI=1S/C15H18N2O3S/c1-9-4-5-12(20-9)6-13-14(18)16-15(21-13)17-7-10(2)19-11(3)8-17/h4-6,10-11H,7-8H2,1-3H3. The summed E-state index contributed by atoms with van der Waals surface area (Å²) in [6.45, 7) is 7.47. The normalized spacial score (nSPS) is 28.3. The van der Waals surface area contributed by atoms with E-state index in [9.17, 15) is 4.79 Å². The third-order valence-corrected chi connectivity index (χ3v) is 4.38. The minimum atomic E-state index is -0.198. The van der Waals surface area contributed by atoms with Crippen molar-refractivity contribution < 1.29 is 13.9 Å². The van der Waals surface area contributed by atoms with Gasteiger partial charge in [0.25, 0.3) is 5.91 Å². The molecule has 1 amide bonds. The van der Waals surface area contributed by atoms with Gasteiger partial charge in [-0.25, -0.2) is 0 Å². The summed E-state index contributed by atoms with van der Waals surface area (Å²) in [6, 6.07) is 3.73. The second-order valence-corrected chi connectivity index (χ2v) is 6.43. The molecular formula is C15H18N2O3S. The van der Waals surface area contributed by atoms with E-state index in [1.54, 1.807) is 6.08 Å². The van der Waals surface area contributed by atoms with E-state index >= 15 is 0 Å². The fourth-order valence-electron chi connectivity index (χ4n) is 2.53. The van der Waals surface area contributed by atoms with Crippen LogP contribution in [0.4, 0.5) is 0 Å². The number of morpholine rings is 1. The summed E-state index contributed by atoms with van der Waals surface area (Å²) in [5, 5.41) is 0.761. The molecule has 0 radical (unpaired) electrons. The van der Waals surface area contributed by atoms with Crippen molar-refractivity contribution in [1.29, 1.82) is 0 Å². The summed E-state index contributed by atoms with van der Waals surface area (Å²) < 4.78 is 11.2. The Kier molecular flexibility index (Phi) is 3.91. The zero-order valence-corrected chi connectivity index (χ0v) is 13.1. The molecule has 0 aromatic carbocycles. The molecule has 0 aliphatic carbocycles. The highest BCUT2D eigenvalue weighted by molar-refractivity contribution is 8.18. The van der Waals surface area contributed by atoms with E-state index < -0.39 is 0 Å². The molecule has 0 bridgehead atoms. The fraction of sp³-hybridized carbons (Fsp3) is 0.467. The van der Waals surface area contributed by atoms with Crippen LogP contribution in [0, 0.1) is 6.92 Å². The molecule has 0 spiro atoms. The number of hydrogen-bond donors (Lipinski definition) is 0. The molecule has 0 saturated carbocycles. The van der Waals surface area contributed by atoms with Crippen molar-refractivity contribution in [3.05, 3.63) is 28.6 Å². The van der Waals surface area contributed by atoms with Crippen molar-refractivity contribution in [2.24, 2.45) is 4.99 Å². The lowest BCUT2D eigenvalue weighted by Crippen LogP contribution is -2.47. The highest BCUT2D eigenvalue weighted by Gasteiger charge is 2.31. The van der Waals surface area contributed by atoms with Gasteiger partial charge in [-0.15, -0.1) is 0 Å². The molecule has 1 aromatic heterocycles. The molecule has 3 rings (SSSR count). The van der Waals surface area contributed by atoms with E-state index in [1.807, 2.05) is 32.9 Å². The number of furan rings is 1. The van der Waals surface area contributed by atoms with Gasteiger partial charge in [0.1, 0.15) is 11.5 Å². The van der Waals surface area contributed by atoms with Gasteiger partial charge in [-0.2, -0.15) is 4.99 Å². The van der Waals surface area contributed by atoms with E-state index in [1.165, 1.54) is 11.8 Å². The Balaban J connectivity index is 1.74. The van der Waals surface area contributed by atoms with E-state index in [0.717, 1.165) is 24.0 Å². The number of amidine groups is 1. The number of hydrogen-bond acceptors (Lipinski definition) is 5. The summed E-state index contributed by atoms with van der Waals surface area (Å²) in [4.78, 5) is 18.9. The summed E-state index contributed by atoms with van der Waals surface area (Å²) in [5.74, 6) is 1.31. The second-order valence-electron chi connectivity index (χ2n) is 5.42. The first-order chi connectivity index (χ1) is 10.0. The van der Waals surface area contributed by atoms with Gasteiger partial charge >= 0.3 is 0 Å². The largest absolute Gasteiger partial charge is 0.462 e. The van der Waals surface area contributed by atoms with Crippen molar-refractivity contribution >= 4 is 28.9 Å². The van der Waals surface area contributed by atoms with E-state index in [-0.39, 0.29) is 18.1 Å². The number of rotatable bonds is 1. The van der Waals surface area contributed by atoms with Crippen molar-refractivity contribution in [3.8, 4) is 0 Å². The number of thioether (sulfide) groups is 1. The van der Waals surface area contributed by atoms with Gasteiger partial charge in [0.2, 0.25) is 0 Å². The molecule has 0 N–H and O–H groups in total. The van der Waals surface area contributed by atoms with Crippen LogP contribution in [0.1, 0.15) is 25.4 Å². The van der Waals surface area contributed by atoms with E-state index in [4.69, 9.17) is 9.15 Å². The number of carbonyl (C=O) groups excluding carboxylic acids is 1. The van der Waals surface area contributed by atoms with Gasteiger partial charge in [0.15, 0.2) is 5.17 Å². The van der Waals surface area contributed by atoms with Crippen LogP contribution in [0.25, 0.3) is 6.08 Å². The van der Waals surface area contributed by atoms with Crippen LogP contribution >= 0.6 is 11.8 Å². The Hall–Kier alpha value is -1.53. The molecule has 1 saturated heterocycles. The third kappa shape index (κ3) is 3.22. The molecule has 2 aliphatic rings. The van der Waals surface area contributed by atoms with Crippen LogP contribution < -0.4 is 0 Å². The number of nitrogens with zero attached hydrogens (tertiary/aromatic N) is 2. The predicted molar refractivity (Wildman–Crippen MR) is 83.0 cm³/mol. The molecular weight excluding hydrogens is 288 g/mol. The first kappa shape index (κ1) is 14.4. The van der Waals surface area contributed by atoms with Crippen LogP contribution in [0.2, 0.25) is 0 Å². The fourth-order valence-corrected chi connectivity index (χ4v) is 3.44. The topological polar surface area (TPSA) is 55.0 Å². The van der Waals surface area contributed by atoms with Gasteiger partial charge in [-0.3, -0.25) is 4.79 Å². The number of aliphatic imine (C=N–C) groups is 1. The van der Waals surface area contributed by atoms with Crippen LogP contribution in [0.5, 0.6) is 0 Å². The maximum Gasteiger partial charge on any atom is 0.286 e. The molecule has 2 unspecified atom stereocenters. The van der Waals surface area contributed by atoms with Gasteiger partial charge in [0.05, 0.1) is 17.1 Å². The molecule has 1 aromatic rings. The van der Waals surface area contributed by atoms with Crippen LogP contribution in [0.3, 0.4) is 0 Å². The molecule has 6 heteroatoms. The average molecular weight is 306 g/mol. The Morgan fingerprint density at radius 3 is 2.67 bits per heavy atom. The lowest BCUT2D eigenvalue weighted by molar-refractivity contribution is -0.113. The third-order valence-electron chi connectivity index (χ3n) is 3.33. The number of carbonyl (C=O) groups is 1. The lowest BCUT2D eigenvalue weighted by atomic mass is 10.2. The van der Waals surface area contributed by atoms with Gasteiger partial charge in [-0.1, -0.05) is 0 Å². The van der Waals surface area contributed by atoms with Gasteiger partial charge in [-0.05, 0) is 44.7 Å². The molecule has 3 heterocycles. The van der Waals surface area contributed by atoms with Gasteiger partial charge in [0, 0.05) is 19.2 Å². The minimum Gasteiger partial charge on any atom is -0.462 e. The molecule has 112 valence electrons. The number of aryl methyl sites for hydroxylation is 1. The number of amides is 1. The van der Waals surface area contributed by atoms with E-state index in [0.29, 0.717) is 10.7 Å². The maximum atomic E-state index is 12.0. The van der Waals surface area contributed by atoms with E-state index in [2.05, 4.69) is 9.89 Å². The van der Waals surface area contributed by atoms with Crippen LogP contribution in [-0.2, 0) is 9.53 Å². The van der Waals surface area contributed by atoms with Gasteiger partial charge < -0.3 is 14.1 Å². The van der Waals surface area contributed by atoms with Crippen molar-refractivity contribution in [1.82, 2.24) is 4.90 Å². The first-order valence-corrected chi connectivity index (χ1v) is 7.82. The summed E-state index contributed by atoms with van der Waals surface area (Å²) >= 11 is 1.41. The smallest absolute Gasteiger partial charge is 0.286 e. The molecule has 5 nitrogen and oxygen atoms in total. The van der Waals surface area contributed by atoms with Crippen LogP contribution in [0.15, 0.2) is 26.4 Å². The van der Waals surface area contributed by atoms with Crippen LogP contribution in [-0.4, -0.2) is 41.3 Å². The number of ether oxygens (including phenoxy) is 1. The quantitative estimate of drug-likeness (QED) is 0.747. The van der Waals surface area contributed by atoms with Crippen molar-refractivity contribution in [2.75, 3.05) is 13.1 Å². The minimum absolute atomic E-state index is 0.146. The second kappa shape index (κ2) is 5.69. The Morgan fingerprint density at radius 1 is 1.33 bits per heavy atom. The maximum absolute atomic E-state index is 12.0. The first-order valence-electron chi connectivity index (χ1n) is 7.00. The SMILES string of the molecule is Cc1ccc(C=C2SC(N3CC(C)OC(C)C3)=NC2=O)o1. The zero-order chi connectivity index (χ0) is 15.0. The summed E-state index contributed by atoms with van der Waals surface area (Å²) in [5.41, 5.74) is 0. The van der Waals surface area contributed by atoms with Crippen molar-refractivity contribution in [3.63, 3.8) is 0 Å². The molecule has 1 fully saturated rings. The lowest BCUT2D eigenvalue weighted by Gasteiger charge is -2.35. The Morgan fingerprint density at radius 2 is 2.05 bits per heavy atom. The Bertz CT molecular complexity index is 610. The predicted octanol–water partition coefficient (Wildman–Crippen LogP) is 2.67. The highest BCUT2D eigenvalue weighted by atomic mass is 32.2. The summed E-state index contributed by atoms with van der Waals surface area (Å²) in [7, 11) is 0. The summed E-state index contributed by atoms with van der Waals surface area (Å²) in [6.07, 6.45) is 2.05. The highest BCUT2D eigenvalue weighted by Crippen LogP contribution is 2.31. The van der Waals surface area contributed by atoms with Crippen molar-refractivity contribution in [2.45, 2.75) is 33.0 Å². The molecule has 21 heavy (non-hydrogen) atoms. The monoisotopic (exact) mass is 306 g/mol.